The third-order valence-corrected chi connectivity index (χ3v) is 10.5. The smallest absolute Gasteiger partial charge is 0.254 e. The van der Waals surface area contributed by atoms with Crippen LogP contribution in [0.1, 0.15) is 32.1 Å². The summed E-state index contributed by atoms with van der Waals surface area (Å²) in [4.78, 5) is 17.2. The molecule has 16 unspecified atom stereocenters. The predicted octanol–water partition coefficient (Wildman–Crippen LogP) is -7.72. The van der Waals surface area contributed by atoms with Crippen molar-refractivity contribution in [3.8, 4) is 0 Å². The zero-order chi connectivity index (χ0) is 34.4. The number of nitrogens with zero attached hydrogens (tertiary/aromatic N) is 1. The van der Waals surface area contributed by atoms with Gasteiger partial charge in [0, 0.05) is 37.0 Å². The number of hydrogen-bond donors (Lipinski definition) is 14. The third-order valence-electron chi connectivity index (χ3n) is 10.5. The molecule has 0 aromatic carbocycles. The Morgan fingerprint density at radius 2 is 1.66 bits per heavy atom. The molecule has 47 heavy (non-hydrogen) atoms. The Hall–Kier alpha value is -1.82. The van der Waals surface area contributed by atoms with Crippen LogP contribution in [0.5, 0.6) is 0 Å². The van der Waals surface area contributed by atoms with Crippen LogP contribution in [0.25, 0.3) is 0 Å². The number of ether oxygens (including phenoxy) is 3. The Morgan fingerprint density at radius 3 is 2.28 bits per heavy atom. The first-order valence-electron chi connectivity index (χ1n) is 16.3. The van der Waals surface area contributed by atoms with Gasteiger partial charge in [-0.2, -0.15) is 0 Å². The highest BCUT2D eigenvalue weighted by Gasteiger charge is 2.61. The molecule has 3 saturated carbocycles. The maximum atomic E-state index is 13.3. The highest BCUT2D eigenvalue weighted by atomic mass is 16.7. The molecule has 2 heterocycles. The largest absolute Gasteiger partial charge is 0.394 e. The number of amides is 1. The highest BCUT2D eigenvalue weighted by Crippen LogP contribution is 2.41. The summed E-state index contributed by atoms with van der Waals surface area (Å²) in [6.45, 7) is -0.0201. The molecule has 19 nitrogen and oxygen atoms in total. The summed E-state index contributed by atoms with van der Waals surface area (Å²) in [5, 5.41) is 70.8. The standard InChI is InChI=1S/C28H53N9O10/c29-6-15-14(39)4-12(35-7-9-1-10(30)2-9)23(45-15)18-11(31)3-13(36-26(43)28(44)5-17(28)37-27(33)34)24(21(18)41)47-25-22(42)19(32)20(40)16(8-38)46-25/h9-25,35,38-42,44H,1-8,29-32H2,(H,36,43)(H4,33,34,37). The molecule has 5 aliphatic rings. The van der Waals surface area contributed by atoms with E-state index in [4.69, 9.17) is 48.6 Å². The SMILES string of the molecule is NCC1OC(C2C(N)CC(NC(=O)C3(O)CC3N=C(N)N)C(OC3OC(CO)C(O)C(N)C3O)C2O)C(NCC2CC(N)C2)CC1O. The van der Waals surface area contributed by atoms with Gasteiger partial charge >= 0.3 is 0 Å². The number of carbonyl (C=O) groups excluding carboxylic acids is 1. The average molecular weight is 676 g/mol. The first-order valence-corrected chi connectivity index (χ1v) is 16.3. The van der Waals surface area contributed by atoms with Gasteiger partial charge in [0.1, 0.15) is 24.4 Å². The van der Waals surface area contributed by atoms with E-state index in [9.17, 15) is 35.4 Å². The third kappa shape index (κ3) is 7.53. The van der Waals surface area contributed by atoms with Gasteiger partial charge in [-0.3, -0.25) is 4.79 Å². The first kappa shape index (κ1) is 36.5. The second kappa shape index (κ2) is 14.6. The molecule has 16 atom stereocenters. The summed E-state index contributed by atoms with van der Waals surface area (Å²) in [5.41, 5.74) is 33.5. The predicted molar refractivity (Wildman–Crippen MR) is 165 cm³/mol. The number of aliphatic hydroxyl groups excluding tert-OH is 5. The summed E-state index contributed by atoms with van der Waals surface area (Å²) in [6, 6.07) is -4.29. The van der Waals surface area contributed by atoms with Gasteiger partial charge in [0.05, 0.1) is 49.1 Å². The van der Waals surface area contributed by atoms with E-state index in [1.54, 1.807) is 0 Å². The number of nitrogens with one attached hydrogen (secondary N) is 2. The minimum Gasteiger partial charge on any atom is -0.394 e. The average Bonchev–Trinajstić information content (AvgIpc) is 3.66. The molecule has 2 saturated heterocycles. The molecule has 0 radical (unpaired) electrons. The van der Waals surface area contributed by atoms with Crippen LogP contribution >= 0.6 is 0 Å². The van der Waals surface area contributed by atoms with Gasteiger partial charge in [-0.05, 0) is 38.1 Å². The van der Waals surface area contributed by atoms with E-state index in [-0.39, 0.29) is 37.8 Å². The van der Waals surface area contributed by atoms with E-state index in [0.717, 1.165) is 12.8 Å². The molecular formula is C28H53N9O10. The van der Waals surface area contributed by atoms with Crippen LogP contribution in [0.15, 0.2) is 4.99 Å². The van der Waals surface area contributed by atoms with E-state index in [0.29, 0.717) is 12.5 Å². The molecule has 2 aliphatic heterocycles. The molecule has 20 N–H and O–H groups in total. The van der Waals surface area contributed by atoms with Gasteiger partial charge in [-0.25, -0.2) is 4.99 Å². The lowest BCUT2D eigenvalue weighted by Crippen LogP contribution is -2.70. The maximum absolute atomic E-state index is 13.3. The van der Waals surface area contributed by atoms with E-state index in [1.165, 1.54) is 0 Å². The zero-order valence-electron chi connectivity index (χ0n) is 26.2. The van der Waals surface area contributed by atoms with Crippen molar-refractivity contribution < 1.29 is 49.6 Å². The van der Waals surface area contributed by atoms with E-state index < -0.39 is 109 Å². The minimum atomic E-state index is -1.91. The van der Waals surface area contributed by atoms with Gasteiger partial charge in [0.25, 0.3) is 5.91 Å². The van der Waals surface area contributed by atoms with Crippen LogP contribution in [0.3, 0.4) is 0 Å². The van der Waals surface area contributed by atoms with Crippen LogP contribution in [0.4, 0.5) is 0 Å². The number of hydrogen-bond acceptors (Lipinski definition) is 16. The normalized spacial score (nSPS) is 49.9. The fourth-order valence-electron chi connectivity index (χ4n) is 7.51. The lowest BCUT2D eigenvalue weighted by Gasteiger charge is -2.52. The number of nitrogens with two attached hydrogens (primary N) is 6. The first-order chi connectivity index (χ1) is 22.2. The number of aliphatic hydroxyl groups is 6. The second-order valence-corrected chi connectivity index (χ2v) is 13.9. The van der Waals surface area contributed by atoms with Crippen molar-refractivity contribution >= 4 is 11.9 Å². The summed E-state index contributed by atoms with van der Waals surface area (Å²) >= 11 is 0. The molecule has 0 aromatic rings. The number of rotatable bonds is 11. The van der Waals surface area contributed by atoms with Gasteiger partial charge in [0.2, 0.25) is 0 Å². The molecule has 0 spiro atoms. The van der Waals surface area contributed by atoms with Crippen molar-refractivity contribution in [3.63, 3.8) is 0 Å². The van der Waals surface area contributed by atoms with Crippen LogP contribution < -0.4 is 45.0 Å². The van der Waals surface area contributed by atoms with Crippen LogP contribution in [-0.2, 0) is 19.0 Å². The molecule has 3 aliphatic carbocycles. The van der Waals surface area contributed by atoms with E-state index >= 15 is 0 Å². The Balaban J connectivity index is 1.40. The van der Waals surface area contributed by atoms with Crippen LogP contribution in [-0.4, -0.2) is 159 Å². The maximum Gasteiger partial charge on any atom is 0.254 e. The van der Waals surface area contributed by atoms with E-state index in [2.05, 4.69) is 15.6 Å². The molecule has 0 bridgehead atoms. The lowest BCUT2D eigenvalue weighted by molar-refractivity contribution is -0.307. The summed E-state index contributed by atoms with van der Waals surface area (Å²) in [6.07, 6.45) is -8.98. The van der Waals surface area contributed by atoms with Crippen molar-refractivity contribution in [2.45, 2.75) is 129 Å². The molecule has 5 fully saturated rings. The van der Waals surface area contributed by atoms with Crippen molar-refractivity contribution in [1.29, 1.82) is 0 Å². The Bertz CT molecular complexity index is 1120. The Kier molecular flexibility index (Phi) is 11.3. The highest BCUT2D eigenvalue weighted by molar-refractivity contribution is 5.90. The summed E-state index contributed by atoms with van der Waals surface area (Å²) in [5.74, 6) is -1.62. The zero-order valence-corrected chi connectivity index (χ0v) is 26.2. The number of guanidine groups is 1. The van der Waals surface area contributed by atoms with Crippen molar-refractivity contribution in [3.05, 3.63) is 0 Å². The van der Waals surface area contributed by atoms with Crippen molar-refractivity contribution in [1.82, 2.24) is 10.6 Å². The molecule has 0 aromatic heterocycles. The fourth-order valence-corrected chi connectivity index (χ4v) is 7.51. The Morgan fingerprint density at radius 1 is 0.957 bits per heavy atom. The second-order valence-electron chi connectivity index (χ2n) is 13.9. The van der Waals surface area contributed by atoms with E-state index in [1.807, 2.05) is 0 Å². The summed E-state index contributed by atoms with van der Waals surface area (Å²) in [7, 11) is 0. The van der Waals surface area contributed by atoms with Gasteiger partial charge in [-0.1, -0.05) is 0 Å². The monoisotopic (exact) mass is 675 g/mol. The lowest BCUT2D eigenvalue weighted by atomic mass is 9.71. The minimum absolute atomic E-state index is 0.0128. The number of carbonyl (C=O) groups is 1. The molecule has 1 amide bonds. The fraction of sp³-hybridized carbons (Fsp3) is 0.929. The van der Waals surface area contributed by atoms with Gasteiger partial charge in [-0.15, -0.1) is 0 Å². The quantitative estimate of drug-likeness (QED) is 0.0714. The topological polar surface area (TPSA) is 359 Å². The molecule has 270 valence electrons. The molecular weight excluding hydrogens is 622 g/mol. The van der Waals surface area contributed by atoms with Crippen molar-refractivity contribution in [2.75, 3.05) is 19.7 Å². The van der Waals surface area contributed by atoms with Crippen LogP contribution in [0.2, 0.25) is 0 Å². The van der Waals surface area contributed by atoms with Gasteiger partial charge in [0.15, 0.2) is 17.9 Å². The summed E-state index contributed by atoms with van der Waals surface area (Å²) < 4.78 is 18.1. The number of aliphatic imine (C=N–C) groups is 1. The van der Waals surface area contributed by atoms with Crippen molar-refractivity contribution in [2.24, 2.45) is 51.2 Å². The van der Waals surface area contributed by atoms with Gasteiger partial charge < -0.3 is 89.9 Å². The van der Waals surface area contributed by atoms with Crippen LogP contribution in [0, 0.1) is 11.8 Å². The Labute approximate surface area is 272 Å². The molecule has 5 rings (SSSR count). The molecule has 19 heteroatoms.